The number of carbonyl (C=O) groups is 4. The van der Waals surface area contributed by atoms with Gasteiger partial charge in [-0.05, 0) is 41.4 Å². The molecule has 44 heavy (non-hydrogen) atoms. The Morgan fingerprint density at radius 2 is 1.80 bits per heavy atom. The second kappa shape index (κ2) is 13.1. The molecule has 4 amide bonds. The molecule has 0 radical (unpaired) electrons. The van der Waals surface area contributed by atoms with Crippen LogP contribution < -0.4 is 10.6 Å². The van der Waals surface area contributed by atoms with Crippen molar-refractivity contribution in [1.29, 1.82) is 0 Å². The van der Waals surface area contributed by atoms with Gasteiger partial charge in [0.25, 0.3) is 5.91 Å². The summed E-state index contributed by atoms with van der Waals surface area (Å²) in [6.07, 6.45) is -0.739. The molecule has 0 aromatic heterocycles. The number of likely N-dealkylation sites (N-methyl/N-ethyl adjacent to an activating group) is 1. The molecule has 4 rings (SSSR count). The van der Waals surface area contributed by atoms with Gasteiger partial charge in [-0.3, -0.25) is 24.1 Å². The summed E-state index contributed by atoms with van der Waals surface area (Å²) in [5.41, 5.74) is 0.938. The van der Waals surface area contributed by atoms with Crippen molar-refractivity contribution in [2.75, 3.05) is 18.9 Å². The fourth-order valence-corrected chi connectivity index (χ4v) is 6.14. The highest BCUT2D eigenvalue weighted by molar-refractivity contribution is 6.07. The number of carbonyl (C=O) groups excluding carboxylic acids is 4. The predicted molar refractivity (Wildman–Crippen MR) is 167 cm³/mol. The Hall–Kier alpha value is -4.39. The third-order valence-corrected chi connectivity index (χ3v) is 8.30. The summed E-state index contributed by atoms with van der Waals surface area (Å²) in [7, 11) is 1.57. The lowest BCUT2D eigenvalue weighted by Gasteiger charge is -2.35. The van der Waals surface area contributed by atoms with Crippen LogP contribution in [0.2, 0.25) is 0 Å². The first-order chi connectivity index (χ1) is 20.8. The van der Waals surface area contributed by atoms with E-state index in [1.165, 1.54) is 9.80 Å². The quantitative estimate of drug-likeness (QED) is 0.395. The van der Waals surface area contributed by atoms with Crippen molar-refractivity contribution in [1.82, 2.24) is 15.1 Å². The molecule has 1 saturated heterocycles. The van der Waals surface area contributed by atoms with Crippen LogP contribution in [0, 0.1) is 17.9 Å². The molecule has 0 bridgehead atoms. The molecule has 10 nitrogen and oxygen atoms in total. The smallest absolute Gasteiger partial charge is 0.408 e. The van der Waals surface area contributed by atoms with Crippen LogP contribution in [0.4, 0.5) is 10.5 Å². The molecule has 0 unspecified atom stereocenters. The molecule has 4 atom stereocenters. The summed E-state index contributed by atoms with van der Waals surface area (Å²) in [6, 6.07) is 14.8. The van der Waals surface area contributed by atoms with E-state index in [1.54, 1.807) is 7.05 Å². The lowest BCUT2D eigenvalue weighted by molar-refractivity contribution is -0.146. The van der Waals surface area contributed by atoms with Gasteiger partial charge in [0.2, 0.25) is 11.8 Å². The van der Waals surface area contributed by atoms with E-state index >= 15 is 0 Å². The molecular weight excluding hydrogens is 558 g/mol. The molecule has 234 valence electrons. The maximum Gasteiger partial charge on any atom is 0.408 e. The lowest BCUT2D eigenvalue weighted by Crippen LogP contribution is -2.56. The Labute approximate surface area is 259 Å². The highest BCUT2D eigenvalue weighted by atomic mass is 16.5. The van der Waals surface area contributed by atoms with Crippen LogP contribution >= 0.6 is 0 Å². The molecule has 2 aliphatic heterocycles. The lowest BCUT2D eigenvalue weighted by atomic mass is 9.80. The van der Waals surface area contributed by atoms with Crippen LogP contribution in [0.3, 0.4) is 0 Å². The second-order valence-corrected chi connectivity index (χ2v) is 13.5. The number of hydrogen-bond donors (Lipinski definition) is 2. The number of amides is 4. The maximum absolute atomic E-state index is 14.3. The summed E-state index contributed by atoms with van der Waals surface area (Å²) >= 11 is 0. The fourth-order valence-electron chi connectivity index (χ4n) is 6.14. The molecule has 2 N–H and O–H groups in total. The Bertz CT molecular complexity index is 1430. The van der Waals surface area contributed by atoms with Gasteiger partial charge in [0.1, 0.15) is 24.1 Å². The molecule has 0 aliphatic carbocycles. The number of nitrogens with one attached hydrogen (secondary N) is 2. The van der Waals surface area contributed by atoms with Gasteiger partial charge in [0, 0.05) is 19.3 Å². The molecule has 0 saturated carbocycles. The zero-order valence-corrected chi connectivity index (χ0v) is 26.4. The zero-order chi connectivity index (χ0) is 32.2. The minimum Gasteiger partial charge on any atom is -0.445 e. The minimum absolute atomic E-state index is 0.0440. The minimum atomic E-state index is -1.02. The normalized spacial score (nSPS) is 20.5. The number of para-hydroxylation sites is 1. The van der Waals surface area contributed by atoms with Gasteiger partial charge in [-0.25, -0.2) is 11.4 Å². The Morgan fingerprint density at radius 3 is 2.43 bits per heavy atom. The van der Waals surface area contributed by atoms with E-state index in [-0.39, 0.29) is 42.7 Å². The van der Waals surface area contributed by atoms with Crippen molar-refractivity contribution in [2.45, 2.75) is 84.2 Å². The fraction of sp³-hybridized carbons (Fsp3) is 0.500. The van der Waals surface area contributed by atoms with Crippen molar-refractivity contribution in [3.63, 3.8) is 0 Å². The van der Waals surface area contributed by atoms with E-state index in [1.807, 2.05) is 89.2 Å². The first-order valence-electron chi connectivity index (χ1n) is 15.1. The number of likely N-dealkylation sites (tertiary alicyclic amines) is 1. The van der Waals surface area contributed by atoms with Crippen LogP contribution in [-0.4, -0.2) is 65.5 Å². The first kappa shape index (κ1) is 32.5. The summed E-state index contributed by atoms with van der Waals surface area (Å²) in [4.78, 5) is 61.1. The Balaban J connectivity index is 1.56. The monoisotopic (exact) mass is 601 g/mol. The third-order valence-electron chi connectivity index (χ3n) is 8.30. The average molecular weight is 602 g/mol. The molecule has 2 aromatic rings. The van der Waals surface area contributed by atoms with E-state index < -0.39 is 35.7 Å². The van der Waals surface area contributed by atoms with Gasteiger partial charge in [-0.15, -0.1) is 0 Å². The predicted octanol–water partition coefficient (Wildman–Crippen LogP) is 4.96. The number of benzene rings is 2. The summed E-state index contributed by atoms with van der Waals surface area (Å²) < 4.78 is 5.41. The number of nitrogens with zero attached hydrogens (tertiary/aromatic N) is 3. The maximum atomic E-state index is 14.3. The van der Waals surface area contributed by atoms with Crippen LogP contribution in [0.5, 0.6) is 0 Å². The second-order valence-electron chi connectivity index (χ2n) is 13.5. The Morgan fingerprint density at radius 1 is 1.14 bits per heavy atom. The Kier molecular flexibility index (Phi) is 9.67. The van der Waals surface area contributed by atoms with Crippen LogP contribution in [0.15, 0.2) is 54.6 Å². The number of rotatable bonds is 9. The van der Waals surface area contributed by atoms with E-state index in [0.717, 1.165) is 11.1 Å². The number of fused-ring (bicyclic) bond motifs is 2. The van der Waals surface area contributed by atoms with E-state index in [0.29, 0.717) is 18.5 Å². The molecule has 1 spiro atoms. The molecule has 10 heteroatoms. The topological polar surface area (TPSA) is 112 Å². The van der Waals surface area contributed by atoms with Gasteiger partial charge < -0.3 is 20.3 Å². The van der Waals surface area contributed by atoms with Crippen molar-refractivity contribution >= 4 is 29.5 Å². The molecular formula is C34H43N5O5. The molecule has 2 aromatic carbocycles. The zero-order valence-electron chi connectivity index (χ0n) is 26.4. The average Bonchev–Trinajstić information content (AvgIpc) is 3.50. The highest BCUT2D eigenvalue weighted by Crippen LogP contribution is 2.47. The molecule has 1 fully saturated rings. The van der Waals surface area contributed by atoms with Crippen molar-refractivity contribution in [3.8, 4) is 0 Å². The molecule has 2 aliphatic rings. The van der Waals surface area contributed by atoms with Gasteiger partial charge in [0.05, 0.1) is 6.42 Å². The summed E-state index contributed by atoms with van der Waals surface area (Å²) in [6.45, 7) is 17.8. The van der Waals surface area contributed by atoms with Crippen LogP contribution in [0.1, 0.15) is 65.0 Å². The van der Waals surface area contributed by atoms with E-state index in [9.17, 15) is 19.2 Å². The summed E-state index contributed by atoms with van der Waals surface area (Å²) in [5, 5.41) is 5.65. The number of ether oxygens (including phenoxy) is 1. The standard InChI is InChI=1S/C34H43N5O5/c1-22(2)17-27(30(41)39-21-34(19-28(39)35-6)24-15-11-12-16-25(24)36-31(34)42)38(7)29(40)26(18-33(3,4)5)37-32(43)44-20-23-13-9-8-10-14-23/h8-16,22,26-28H,17-21H2,1-5,7H3,(H,36,42)(H,37,43)/t26-,27-,28-,34-/m0/s1. The van der Waals surface area contributed by atoms with Crippen molar-refractivity contribution in [3.05, 3.63) is 77.1 Å². The highest BCUT2D eigenvalue weighted by Gasteiger charge is 2.59. The number of alkyl carbamates (subject to hydrolysis) is 1. The third kappa shape index (κ3) is 7.04. The van der Waals surface area contributed by atoms with Crippen molar-refractivity contribution < 1.29 is 23.9 Å². The first-order valence-corrected chi connectivity index (χ1v) is 15.1. The summed E-state index contributed by atoms with van der Waals surface area (Å²) in [5.74, 6) is -0.989. The van der Waals surface area contributed by atoms with E-state index in [4.69, 9.17) is 11.3 Å². The van der Waals surface area contributed by atoms with E-state index in [2.05, 4.69) is 15.5 Å². The molecule has 2 heterocycles. The van der Waals surface area contributed by atoms with Crippen LogP contribution in [0.25, 0.3) is 4.85 Å². The largest absolute Gasteiger partial charge is 0.445 e. The van der Waals surface area contributed by atoms with Gasteiger partial charge in [-0.1, -0.05) is 83.1 Å². The van der Waals surface area contributed by atoms with Crippen LogP contribution in [-0.2, 0) is 31.1 Å². The van der Waals surface area contributed by atoms with Gasteiger partial charge in [0.15, 0.2) is 0 Å². The SMILES string of the molecule is [C-]#[N+][C@@H]1C[C@@]2(CN1C(=O)[C@H](CC(C)C)N(C)C(=O)[C@H](CC(C)(C)C)NC(=O)OCc1ccccc1)C(=O)Nc1ccccc12. The van der Waals surface area contributed by atoms with Gasteiger partial charge in [-0.2, -0.15) is 0 Å². The van der Waals surface area contributed by atoms with Gasteiger partial charge >= 0.3 is 12.3 Å². The number of anilines is 1. The van der Waals surface area contributed by atoms with Crippen molar-refractivity contribution in [2.24, 2.45) is 11.3 Å². The number of hydrogen-bond acceptors (Lipinski definition) is 5.